The maximum Gasteiger partial charge on any atom is 0.332 e. The lowest BCUT2D eigenvalue weighted by Gasteiger charge is -2.06. The van der Waals surface area contributed by atoms with Gasteiger partial charge in [-0.05, 0) is 35.4 Å². The van der Waals surface area contributed by atoms with Crippen LogP contribution in [0.5, 0.6) is 11.5 Å². The molecule has 2 atom stereocenters. The van der Waals surface area contributed by atoms with Gasteiger partial charge in [0.15, 0.2) is 12.2 Å². The molecule has 8 heteroatoms. The van der Waals surface area contributed by atoms with Gasteiger partial charge in [-0.15, -0.1) is 0 Å². The molecule has 8 nitrogen and oxygen atoms in total. The summed E-state index contributed by atoms with van der Waals surface area (Å²) in [5.74, 6) is -1.12. The monoisotopic (exact) mass is 392 g/mol. The number of aliphatic hydroxyl groups is 2. The number of aliphatic hydroxyl groups excluding tert-OH is 2. The summed E-state index contributed by atoms with van der Waals surface area (Å²) in [6.07, 6.45) is -2.54. The van der Waals surface area contributed by atoms with E-state index >= 15 is 0 Å². The van der Waals surface area contributed by atoms with Crippen molar-refractivity contribution in [3.63, 3.8) is 0 Å². The lowest BCUT2D eigenvalue weighted by atomic mass is 10.1. The molecule has 0 heterocycles. The zero-order chi connectivity index (χ0) is 21.1. The maximum absolute atomic E-state index is 10.4. The van der Waals surface area contributed by atoms with E-state index in [1.165, 1.54) is 14.2 Å². The molecule has 0 amide bonds. The van der Waals surface area contributed by atoms with Crippen LogP contribution in [-0.4, -0.2) is 58.8 Å². The molecule has 0 bridgehead atoms. The Morgan fingerprint density at radius 3 is 1.43 bits per heavy atom. The molecule has 2 aromatic carbocycles. The van der Waals surface area contributed by atoms with Gasteiger partial charge in [0.25, 0.3) is 0 Å². The molecule has 2 aromatic rings. The minimum Gasteiger partial charge on any atom is -0.497 e. The van der Waals surface area contributed by atoms with Gasteiger partial charge < -0.3 is 29.9 Å². The minimum absolute atomic E-state index is 0.0898. The summed E-state index contributed by atoms with van der Waals surface area (Å²) < 4.78 is 9.94. The Balaban J connectivity index is 0.000000280. The standard InChI is InChI=1S/2C10H12O4/c2*1-14-8-4-2-3-7(5-8)6-9(11)10(12)13/h2*2-5,9,11H,6H2,1H3,(H,12,13). The van der Waals surface area contributed by atoms with Gasteiger partial charge in [-0.25, -0.2) is 9.59 Å². The van der Waals surface area contributed by atoms with Crippen molar-refractivity contribution in [2.24, 2.45) is 0 Å². The van der Waals surface area contributed by atoms with Crippen LogP contribution in [0.3, 0.4) is 0 Å². The number of aliphatic carboxylic acids is 2. The SMILES string of the molecule is COc1cccc(CC(O)C(=O)O)c1.COc1cccc(CC(O)C(=O)O)c1. The average Bonchev–Trinajstić information content (AvgIpc) is 2.68. The maximum atomic E-state index is 10.4. The van der Waals surface area contributed by atoms with Crippen molar-refractivity contribution < 1.29 is 39.5 Å². The summed E-state index contributed by atoms with van der Waals surface area (Å²) >= 11 is 0. The van der Waals surface area contributed by atoms with Crippen LogP contribution in [0.25, 0.3) is 0 Å². The molecule has 0 spiro atoms. The highest BCUT2D eigenvalue weighted by Crippen LogP contribution is 2.14. The first-order valence-corrected chi connectivity index (χ1v) is 8.34. The van der Waals surface area contributed by atoms with Gasteiger partial charge in [-0.3, -0.25) is 0 Å². The van der Waals surface area contributed by atoms with Gasteiger partial charge in [0.1, 0.15) is 11.5 Å². The number of hydrogen-bond donors (Lipinski definition) is 4. The van der Waals surface area contributed by atoms with E-state index in [-0.39, 0.29) is 12.8 Å². The van der Waals surface area contributed by atoms with Crippen molar-refractivity contribution in [2.75, 3.05) is 14.2 Å². The average molecular weight is 392 g/mol. The zero-order valence-electron chi connectivity index (χ0n) is 15.6. The first-order chi connectivity index (χ1) is 13.3. The molecule has 4 N–H and O–H groups in total. The largest absolute Gasteiger partial charge is 0.497 e. The minimum atomic E-state index is -1.36. The van der Waals surface area contributed by atoms with Crippen LogP contribution in [0.2, 0.25) is 0 Å². The molecule has 2 rings (SSSR count). The zero-order valence-corrected chi connectivity index (χ0v) is 15.6. The van der Waals surface area contributed by atoms with E-state index in [9.17, 15) is 9.59 Å². The van der Waals surface area contributed by atoms with E-state index in [0.717, 1.165) is 11.1 Å². The fourth-order valence-corrected chi connectivity index (χ4v) is 2.22. The van der Waals surface area contributed by atoms with E-state index in [0.29, 0.717) is 11.5 Å². The van der Waals surface area contributed by atoms with Gasteiger partial charge in [-0.2, -0.15) is 0 Å². The molecule has 2 unspecified atom stereocenters. The molecular weight excluding hydrogens is 368 g/mol. The van der Waals surface area contributed by atoms with Crippen molar-refractivity contribution in [1.82, 2.24) is 0 Å². The molecule has 152 valence electrons. The Labute approximate surface area is 162 Å². The summed E-state index contributed by atoms with van der Waals surface area (Å²) in [6.45, 7) is 0. The van der Waals surface area contributed by atoms with Crippen molar-refractivity contribution >= 4 is 11.9 Å². The summed E-state index contributed by atoms with van der Waals surface area (Å²) in [7, 11) is 3.07. The first-order valence-electron chi connectivity index (χ1n) is 8.34. The lowest BCUT2D eigenvalue weighted by Crippen LogP contribution is -2.21. The normalized spacial score (nSPS) is 12.1. The molecule has 0 aliphatic rings. The number of methoxy groups -OCH3 is 2. The molecule has 0 radical (unpaired) electrons. The number of benzene rings is 2. The van der Waals surface area contributed by atoms with Crippen molar-refractivity contribution in [2.45, 2.75) is 25.0 Å². The highest BCUT2D eigenvalue weighted by molar-refractivity contribution is 5.72. The topological polar surface area (TPSA) is 134 Å². The molecule has 0 aliphatic heterocycles. The Morgan fingerprint density at radius 2 is 1.14 bits per heavy atom. The van der Waals surface area contributed by atoms with Gasteiger partial charge >= 0.3 is 11.9 Å². The van der Waals surface area contributed by atoms with Crippen molar-refractivity contribution in [3.05, 3.63) is 59.7 Å². The predicted molar refractivity (Wildman–Crippen MR) is 101 cm³/mol. The van der Waals surface area contributed by atoms with Gasteiger partial charge in [0.05, 0.1) is 14.2 Å². The fourth-order valence-electron chi connectivity index (χ4n) is 2.22. The second-order valence-electron chi connectivity index (χ2n) is 5.82. The van der Waals surface area contributed by atoms with Crippen LogP contribution in [-0.2, 0) is 22.4 Å². The number of hydrogen-bond acceptors (Lipinski definition) is 6. The van der Waals surface area contributed by atoms with E-state index < -0.39 is 24.1 Å². The van der Waals surface area contributed by atoms with E-state index in [2.05, 4.69) is 0 Å². The molecule has 0 saturated carbocycles. The van der Waals surface area contributed by atoms with Crippen LogP contribution in [0.1, 0.15) is 11.1 Å². The highest BCUT2D eigenvalue weighted by Gasteiger charge is 2.14. The fraction of sp³-hybridized carbons (Fsp3) is 0.300. The second kappa shape index (κ2) is 11.6. The van der Waals surface area contributed by atoms with E-state index in [1.807, 2.05) is 0 Å². The molecule has 0 fully saturated rings. The Hall–Kier alpha value is -3.10. The third kappa shape index (κ3) is 8.07. The summed E-state index contributed by atoms with van der Waals surface area (Å²) in [5.41, 5.74) is 1.47. The number of carboxylic acids is 2. The summed E-state index contributed by atoms with van der Waals surface area (Å²) in [4.78, 5) is 20.8. The van der Waals surface area contributed by atoms with Gasteiger partial charge in [-0.1, -0.05) is 24.3 Å². The molecule has 0 saturated heterocycles. The van der Waals surface area contributed by atoms with Crippen molar-refractivity contribution in [1.29, 1.82) is 0 Å². The molecular formula is C20H24O8. The summed E-state index contributed by atoms with van der Waals surface area (Å²) in [5, 5.41) is 35.2. The second-order valence-corrected chi connectivity index (χ2v) is 5.82. The lowest BCUT2D eigenvalue weighted by molar-refractivity contribution is -0.147. The molecule has 0 aliphatic carbocycles. The number of carboxylic acid groups (broad SMARTS) is 2. The Bertz CT molecular complexity index is 709. The van der Waals surface area contributed by atoms with Gasteiger partial charge in [0.2, 0.25) is 0 Å². The molecule has 0 aromatic heterocycles. The highest BCUT2D eigenvalue weighted by atomic mass is 16.5. The van der Waals surface area contributed by atoms with Crippen LogP contribution in [0.4, 0.5) is 0 Å². The van der Waals surface area contributed by atoms with Crippen LogP contribution >= 0.6 is 0 Å². The molecule has 28 heavy (non-hydrogen) atoms. The van der Waals surface area contributed by atoms with Gasteiger partial charge in [0, 0.05) is 12.8 Å². The first kappa shape index (κ1) is 22.9. The number of ether oxygens (including phenoxy) is 2. The third-order valence-electron chi connectivity index (χ3n) is 3.70. The number of rotatable bonds is 8. The Kier molecular flexibility index (Phi) is 9.49. The van der Waals surface area contributed by atoms with Crippen LogP contribution < -0.4 is 9.47 Å². The van der Waals surface area contributed by atoms with Crippen molar-refractivity contribution in [3.8, 4) is 11.5 Å². The van der Waals surface area contributed by atoms with Crippen LogP contribution in [0.15, 0.2) is 48.5 Å². The smallest absolute Gasteiger partial charge is 0.332 e. The quantitative estimate of drug-likeness (QED) is 0.529. The van der Waals surface area contributed by atoms with Crippen LogP contribution in [0, 0.1) is 0 Å². The third-order valence-corrected chi connectivity index (χ3v) is 3.70. The Morgan fingerprint density at radius 1 is 0.786 bits per heavy atom. The predicted octanol–water partition coefficient (Wildman–Crippen LogP) is 1.37. The van der Waals surface area contributed by atoms with E-state index in [4.69, 9.17) is 29.9 Å². The summed E-state index contributed by atoms with van der Waals surface area (Å²) in [6, 6.07) is 13.9. The van der Waals surface area contributed by atoms with E-state index in [1.54, 1.807) is 48.5 Å². The number of carbonyl (C=O) groups is 2.